The van der Waals surface area contributed by atoms with Crippen molar-refractivity contribution < 1.29 is 4.79 Å². The summed E-state index contributed by atoms with van der Waals surface area (Å²) in [6, 6.07) is 7.19. The second kappa shape index (κ2) is 4.68. The molecule has 2 amide bonds. The van der Waals surface area contributed by atoms with Crippen LogP contribution in [0.25, 0.3) is 0 Å². The molecule has 0 saturated heterocycles. The number of hydrogen-bond donors (Lipinski definition) is 2. The van der Waals surface area contributed by atoms with Crippen LogP contribution in [0.15, 0.2) is 24.3 Å². The van der Waals surface area contributed by atoms with Crippen LogP contribution in [0, 0.1) is 0 Å². The standard InChI is InChI=1S/C11H17N3O/c1-8(2)13-11(15)14(3)10-6-4-9(12)5-7-10/h4-8H,12H2,1-3H3,(H,13,15). The number of carbonyl (C=O) groups is 1. The van der Waals surface area contributed by atoms with Gasteiger partial charge in [-0.2, -0.15) is 0 Å². The van der Waals surface area contributed by atoms with Gasteiger partial charge in [-0.1, -0.05) is 0 Å². The minimum atomic E-state index is -0.116. The number of urea groups is 1. The van der Waals surface area contributed by atoms with Gasteiger partial charge in [-0.3, -0.25) is 4.90 Å². The van der Waals surface area contributed by atoms with Crippen LogP contribution in [0.4, 0.5) is 16.2 Å². The van der Waals surface area contributed by atoms with Crippen LogP contribution in [-0.2, 0) is 0 Å². The summed E-state index contributed by atoms with van der Waals surface area (Å²) in [4.78, 5) is 13.2. The fraction of sp³-hybridized carbons (Fsp3) is 0.364. The Morgan fingerprint density at radius 2 is 1.87 bits per heavy atom. The molecule has 0 aliphatic carbocycles. The zero-order valence-corrected chi connectivity index (χ0v) is 9.32. The van der Waals surface area contributed by atoms with Gasteiger partial charge in [-0.05, 0) is 38.1 Å². The average Bonchev–Trinajstić information content (AvgIpc) is 2.17. The third-order valence-electron chi connectivity index (χ3n) is 2.00. The van der Waals surface area contributed by atoms with Crippen molar-refractivity contribution in [1.82, 2.24) is 5.32 Å². The molecule has 0 bridgehead atoms. The summed E-state index contributed by atoms with van der Waals surface area (Å²) in [5.41, 5.74) is 7.08. The Bertz CT molecular complexity index is 332. The number of rotatable bonds is 2. The highest BCUT2D eigenvalue weighted by Crippen LogP contribution is 2.14. The quantitative estimate of drug-likeness (QED) is 0.727. The number of nitrogens with two attached hydrogens (primary N) is 1. The molecule has 0 aromatic heterocycles. The molecular formula is C11H17N3O. The topological polar surface area (TPSA) is 58.4 Å². The fourth-order valence-electron chi connectivity index (χ4n) is 1.16. The van der Waals surface area contributed by atoms with Crippen molar-refractivity contribution in [1.29, 1.82) is 0 Å². The van der Waals surface area contributed by atoms with Gasteiger partial charge in [0.15, 0.2) is 0 Å². The summed E-state index contributed by atoms with van der Waals surface area (Å²) in [6.07, 6.45) is 0. The van der Waals surface area contributed by atoms with E-state index in [0.29, 0.717) is 5.69 Å². The third kappa shape index (κ3) is 3.16. The number of anilines is 2. The van der Waals surface area contributed by atoms with E-state index in [1.54, 1.807) is 24.1 Å². The van der Waals surface area contributed by atoms with Crippen molar-refractivity contribution in [3.63, 3.8) is 0 Å². The molecule has 1 rings (SSSR count). The normalized spacial score (nSPS) is 10.1. The van der Waals surface area contributed by atoms with Gasteiger partial charge >= 0.3 is 6.03 Å². The lowest BCUT2D eigenvalue weighted by atomic mass is 10.3. The summed E-state index contributed by atoms with van der Waals surface area (Å²) < 4.78 is 0. The summed E-state index contributed by atoms with van der Waals surface area (Å²) in [6.45, 7) is 3.85. The smallest absolute Gasteiger partial charge is 0.321 e. The number of benzene rings is 1. The number of nitrogens with zero attached hydrogens (tertiary/aromatic N) is 1. The highest BCUT2D eigenvalue weighted by atomic mass is 16.2. The lowest BCUT2D eigenvalue weighted by Crippen LogP contribution is -2.40. The fourth-order valence-corrected chi connectivity index (χ4v) is 1.16. The first-order chi connectivity index (χ1) is 7.00. The van der Waals surface area contributed by atoms with Gasteiger partial charge in [0.05, 0.1) is 0 Å². The molecule has 0 saturated carbocycles. The molecule has 15 heavy (non-hydrogen) atoms. The first-order valence-corrected chi connectivity index (χ1v) is 4.90. The number of hydrogen-bond acceptors (Lipinski definition) is 2. The molecule has 0 aliphatic heterocycles. The van der Waals surface area contributed by atoms with Crippen molar-refractivity contribution in [3.05, 3.63) is 24.3 Å². The molecule has 4 nitrogen and oxygen atoms in total. The van der Waals surface area contributed by atoms with E-state index in [0.717, 1.165) is 5.69 Å². The zero-order chi connectivity index (χ0) is 11.4. The van der Waals surface area contributed by atoms with E-state index in [4.69, 9.17) is 5.73 Å². The number of nitrogens with one attached hydrogen (secondary N) is 1. The maximum absolute atomic E-state index is 11.6. The van der Waals surface area contributed by atoms with Crippen molar-refractivity contribution in [2.45, 2.75) is 19.9 Å². The summed E-state index contributed by atoms with van der Waals surface area (Å²) in [5, 5.41) is 2.81. The SMILES string of the molecule is CC(C)NC(=O)N(C)c1ccc(N)cc1. The maximum atomic E-state index is 11.6. The van der Waals surface area contributed by atoms with E-state index in [1.165, 1.54) is 0 Å². The molecule has 0 atom stereocenters. The maximum Gasteiger partial charge on any atom is 0.321 e. The molecule has 0 radical (unpaired) electrons. The first kappa shape index (κ1) is 11.4. The molecule has 3 N–H and O–H groups in total. The van der Waals surface area contributed by atoms with Gasteiger partial charge in [0.2, 0.25) is 0 Å². The minimum absolute atomic E-state index is 0.116. The van der Waals surface area contributed by atoms with Gasteiger partial charge in [0.1, 0.15) is 0 Å². The molecular weight excluding hydrogens is 190 g/mol. The summed E-state index contributed by atoms with van der Waals surface area (Å²) in [7, 11) is 1.73. The third-order valence-corrected chi connectivity index (χ3v) is 2.00. The van der Waals surface area contributed by atoms with Crippen molar-refractivity contribution >= 4 is 17.4 Å². The Morgan fingerprint density at radius 3 is 2.33 bits per heavy atom. The van der Waals surface area contributed by atoms with Crippen molar-refractivity contribution in [3.8, 4) is 0 Å². The summed E-state index contributed by atoms with van der Waals surface area (Å²) in [5.74, 6) is 0. The molecule has 4 heteroatoms. The molecule has 0 aliphatic rings. The zero-order valence-electron chi connectivity index (χ0n) is 9.32. The molecule has 0 unspecified atom stereocenters. The molecule has 0 fully saturated rings. The van der Waals surface area contributed by atoms with E-state index in [1.807, 2.05) is 26.0 Å². The van der Waals surface area contributed by atoms with E-state index >= 15 is 0 Å². The van der Waals surface area contributed by atoms with Crippen LogP contribution in [0.5, 0.6) is 0 Å². The van der Waals surface area contributed by atoms with Crippen LogP contribution >= 0.6 is 0 Å². The van der Waals surface area contributed by atoms with E-state index in [9.17, 15) is 4.79 Å². The largest absolute Gasteiger partial charge is 0.399 e. The van der Waals surface area contributed by atoms with Crippen molar-refractivity contribution in [2.75, 3.05) is 17.7 Å². The van der Waals surface area contributed by atoms with E-state index in [-0.39, 0.29) is 12.1 Å². The van der Waals surface area contributed by atoms with Gasteiger partial charge in [0, 0.05) is 24.5 Å². The number of carbonyl (C=O) groups excluding carboxylic acids is 1. The monoisotopic (exact) mass is 207 g/mol. The minimum Gasteiger partial charge on any atom is -0.399 e. The van der Waals surface area contributed by atoms with E-state index in [2.05, 4.69) is 5.32 Å². The predicted octanol–water partition coefficient (Wildman–Crippen LogP) is 1.82. The van der Waals surface area contributed by atoms with Gasteiger partial charge in [-0.25, -0.2) is 4.79 Å². The average molecular weight is 207 g/mol. The van der Waals surface area contributed by atoms with E-state index < -0.39 is 0 Å². The second-order valence-electron chi connectivity index (χ2n) is 3.75. The Kier molecular flexibility index (Phi) is 3.55. The molecule has 1 aromatic carbocycles. The van der Waals surface area contributed by atoms with Gasteiger partial charge in [-0.15, -0.1) is 0 Å². The van der Waals surface area contributed by atoms with Crippen LogP contribution in [0.2, 0.25) is 0 Å². The highest BCUT2D eigenvalue weighted by Gasteiger charge is 2.10. The number of amides is 2. The molecule has 82 valence electrons. The second-order valence-corrected chi connectivity index (χ2v) is 3.75. The van der Waals surface area contributed by atoms with Crippen LogP contribution < -0.4 is 16.0 Å². The first-order valence-electron chi connectivity index (χ1n) is 4.90. The Hall–Kier alpha value is -1.71. The molecule has 1 aromatic rings. The van der Waals surface area contributed by atoms with Crippen molar-refractivity contribution in [2.24, 2.45) is 0 Å². The Morgan fingerprint density at radius 1 is 1.33 bits per heavy atom. The van der Waals surface area contributed by atoms with Crippen LogP contribution in [-0.4, -0.2) is 19.1 Å². The Labute approximate surface area is 90.1 Å². The van der Waals surface area contributed by atoms with Gasteiger partial charge in [0.25, 0.3) is 0 Å². The lowest BCUT2D eigenvalue weighted by molar-refractivity contribution is 0.245. The molecule has 0 spiro atoms. The van der Waals surface area contributed by atoms with Crippen LogP contribution in [0.1, 0.15) is 13.8 Å². The molecule has 0 heterocycles. The number of nitrogen functional groups attached to an aromatic ring is 1. The predicted molar refractivity (Wildman–Crippen MR) is 62.9 cm³/mol. The lowest BCUT2D eigenvalue weighted by Gasteiger charge is -2.19. The highest BCUT2D eigenvalue weighted by molar-refractivity contribution is 5.91. The van der Waals surface area contributed by atoms with Gasteiger partial charge < -0.3 is 11.1 Å². The summed E-state index contributed by atoms with van der Waals surface area (Å²) >= 11 is 0. The van der Waals surface area contributed by atoms with Crippen LogP contribution in [0.3, 0.4) is 0 Å². The Balaban J connectivity index is 2.71.